The van der Waals surface area contributed by atoms with Gasteiger partial charge in [-0.25, -0.2) is 0 Å². The molecule has 6 nitrogen and oxygen atoms in total. The van der Waals surface area contributed by atoms with Gasteiger partial charge in [0.2, 0.25) is 0 Å². The van der Waals surface area contributed by atoms with E-state index in [-0.39, 0.29) is 37.5 Å². The number of ether oxygens (including phenoxy) is 3. The number of allylic oxidation sites excluding steroid dienone is 18. The van der Waals surface area contributed by atoms with Gasteiger partial charge in [-0.15, -0.1) is 0 Å². The molecular formula is C60H98O6. The first-order valence-electron chi connectivity index (χ1n) is 26.9. The van der Waals surface area contributed by atoms with Crippen molar-refractivity contribution in [1.29, 1.82) is 0 Å². The summed E-state index contributed by atoms with van der Waals surface area (Å²) < 4.78 is 16.8. The van der Waals surface area contributed by atoms with Crippen molar-refractivity contribution in [2.75, 3.05) is 13.2 Å². The molecule has 1 unspecified atom stereocenters. The van der Waals surface area contributed by atoms with Crippen LogP contribution in [0.15, 0.2) is 109 Å². The second-order valence-corrected chi connectivity index (χ2v) is 17.4. The normalized spacial score (nSPS) is 13.0. The monoisotopic (exact) mass is 915 g/mol. The first kappa shape index (κ1) is 62.1. The van der Waals surface area contributed by atoms with E-state index in [1.165, 1.54) is 70.6 Å². The van der Waals surface area contributed by atoms with Gasteiger partial charge in [0.15, 0.2) is 6.10 Å². The van der Waals surface area contributed by atoms with Gasteiger partial charge in [0.05, 0.1) is 0 Å². The van der Waals surface area contributed by atoms with Crippen LogP contribution in [0.1, 0.15) is 233 Å². The average molecular weight is 915 g/mol. The maximum Gasteiger partial charge on any atom is 0.306 e. The van der Waals surface area contributed by atoms with Crippen LogP contribution in [0, 0.1) is 0 Å². The van der Waals surface area contributed by atoms with Crippen molar-refractivity contribution in [2.45, 2.75) is 239 Å². The molecule has 0 aliphatic heterocycles. The highest BCUT2D eigenvalue weighted by molar-refractivity contribution is 5.71. The minimum Gasteiger partial charge on any atom is -0.462 e. The summed E-state index contributed by atoms with van der Waals surface area (Å²) in [6.45, 7) is 6.34. The summed E-state index contributed by atoms with van der Waals surface area (Å²) in [4.78, 5) is 38.0. The smallest absolute Gasteiger partial charge is 0.306 e. The molecule has 6 heteroatoms. The summed E-state index contributed by atoms with van der Waals surface area (Å²) in [7, 11) is 0. The van der Waals surface area contributed by atoms with Gasteiger partial charge in [0.25, 0.3) is 0 Å². The minimum absolute atomic E-state index is 0.105. The highest BCUT2D eigenvalue weighted by atomic mass is 16.6. The Bertz CT molecular complexity index is 1370. The number of unbranched alkanes of at least 4 members (excludes halogenated alkanes) is 18. The fourth-order valence-corrected chi connectivity index (χ4v) is 7.05. The molecular weight excluding hydrogens is 817 g/mol. The van der Waals surface area contributed by atoms with Crippen molar-refractivity contribution in [1.82, 2.24) is 0 Å². The van der Waals surface area contributed by atoms with Crippen LogP contribution in [0.3, 0.4) is 0 Å². The van der Waals surface area contributed by atoms with E-state index in [2.05, 4.69) is 130 Å². The van der Waals surface area contributed by atoms with E-state index in [9.17, 15) is 14.4 Å². The van der Waals surface area contributed by atoms with Crippen molar-refractivity contribution in [3.05, 3.63) is 109 Å². The van der Waals surface area contributed by atoms with E-state index in [0.29, 0.717) is 19.3 Å². The van der Waals surface area contributed by atoms with Crippen molar-refractivity contribution in [2.24, 2.45) is 0 Å². The molecule has 0 aliphatic carbocycles. The maximum atomic E-state index is 12.8. The highest BCUT2D eigenvalue weighted by Crippen LogP contribution is 2.14. The lowest BCUT2D eigenvalue weighted by Crippen LogP contribution is -2.30. The topological polar surface area (TPSA) is 78.9 Å². The highest BCUT2D eigenvalue weighted by Gasteiger charge is 2.19. The predicted octanol–water partition coefficient (Wildman–Crippen LogP) is 17.9. The Hall–Kier alpha value is -3.93. The van der Waals surface area contributed by atoms with Crippen molar-refractivity contribution in [3.8, 4) is 0 Å². The Kier molecular flexibility index (Phi) is 50.5. The van der Waals surface area contributed by atoms with Crippen LogP contribution in [0.4, 0.5) is 0 Å². The fraction of sp³-hybridized carbons (Fsp3) is 0.650. The molecule has 0 rings (SSSR count). The molecule has 0 bridgehead atoms. The quantitative estimate of drug-likeness (QED) is 0.0262. The molecule has 1 atom stereocenters. The largest absolute Gasteiger partial charge is 0.462 e. The summed E-state index contributed by atoms with van der Waals surface area (Å²) in [6, 6.07) is 0. The zero-order valence-corrected chi connectivity index (χ0v) is 42.7. The third-order valence-electron chi connectivity index (χ3n) is 11.0. The lowest BCUT2D eigenvalue weighted by Gasteiger charge is -2.18. The predicted molar refractivity (Wildman–Crippen MR) is 283 cm³/mol. The van der Waals surface area contributed by atoms with Crippen molar-refractivity contribution in [3.63, 3.8) is 0 Å². The van der Waals surface area contributed by atoms with Gasteiger partial charge in [-0.05, 0) is 103 Å². The summed E-state index contributed by atoms with van der Waals surface area (Å²) in [6.07, 6.45) is 72.2. The minimum atomic E-state index is -0.814. The van der Waals surface area contributed by atoms with Gasteiger partial charge in [-0.2, -0.15) is 0 Å². The second-order valence-electron chi connectivity index (χ2n) is 17.4. The standard InChI is InChI=1S/C60H98O6/c1-4-7-10-13-16-19-22-25-28-29-30-31-33-35-38-41-44-47-50-53-59(62)65-56-57(55-64-58(61)52-49-46-43-40-37-34-27-24-21-18-15-12-9-6-3)66-60(63)54-51-48-45-42-39-36-32-26-23-20-17-14-11-8-5-2/h7-8,10-11,16-17,19-20,25-26,28,30-32,35,38-39,42,57H,4-6,9,12-15,18,21-24,27,29,33-34,36-37,40-41,43-56H2,1-3H3/b10-7-,11-8-,19-16-,20-17-,28-25-,31-30-,32-26-,38-35-,42-39-. The molecule has 0 aromatic carbocycles. The van der Waals surface area contributed by atoms with Crippen LogP contribution in [0.2, 0.25) is 0 Å². The summed E-state index contributed by atoms with van der Waals surface area (Å²) >= 11 is 0. The van der Waals surface area contributed by atoms with Crippen LogP contribution in [0.25, 0.3) is 0 Å². The van der Waals surface area contributed by atoms with E-state index in [4.69, 9.17) is 14.2 Å². The molecule has 66 heavy (non-hydrogen) atoms. The third kappa shape index (κ3) is 51.1. The molecule has 0 saturated heterocycles. The van der Waals surface area contributed by atoms with E-state index >= 15 is 0 Å². The maximum absolute atomic E-state index is 12.8. The van der Waals surface area contributed by atoms with Gasteiger partial charge in [0.1, 0.15) is 13.2 Å². The van der Waals surface area contributed by atoms with Gasteiger partial charge in [0, 0.05) is 19.3 Å². The Labute approximate surface area is 406 Å². The lowest BCUT2D eigenvalue weighted by atomic mass is 10.0. The average Bonchev–Trinajstić information content (AvgIpc) is 3.31. The molecule has 0 saturated carbocycles. The van der Waals surface area contributed by atoms with Crippen LogP contribution >= 0.6 is 0 Å². The second kappa shape index (κ2) is 53.7. The molecule has 0 aromatic rings. The number of carbonyl (C=O) groups excluding carboxylic acids is 3. The van der Waals surface area contributed by atoms with Crippen molar-refractivity contribution >= 4 is 17.9 Å². The molecule has 0 heterocycles. The first-order chi connectivity index (χ1) is 32.5. The zero-order chi connectivity index (χ0) is 47.9. The van der Waals surface area contributed by atoms with Gasteiger partial charge in [-0.1, -0.05) is 220 Å². The Morgan fingerprint density at radius 1 is 0.318 bits per heavy atom. The molecule has 0 aromatic heterocycles. The fourth-order valence-electron chi connectivity index (χ4n) is 7.05. The Balaban J connectivity index is 4.51. The summed E-state index contributed by atoms with van der Waals surface area (Å²) in [5.41, 5.74) is 0. The number of carbonyl (C=O) groups is 3. The number of esters is 3. The first-order valence-corrected chi connectivity index (χ1v) is 26.9. The van der Waals surface area contributed by atoms with Crippen LogP contribution in [0.5, 0.6) is 0 Å². The summed E-state index contributed by atoms with van der Waals surface area (Å²) in [5, 5.41) is 0. The van der Waals surface area contributed by atoms with E-state index in [0.717, 1.165) is 116 Å². The van der Waals surface area contributed by atoms with Crippen LogP contribution in [-0.4, -0.2) is 37.2 Å². The molecule has 0 aliphatic rings. The number of hydrogen-bond acceptors (Lipinski definition) is 6. The third-order valence-corrected chi connectivity index (χ3v) is 11.0. The van der Waals surface area contributed by atoms with Gasteiger partial charge in [-0.3, -0.25) is 14.4 Å². The van der Waals surface area contributed by atoms with E-state index in [1.54, 1.807) is 0 Å². The number of rotatable bonds is 47. The zero-order valence-electron chi connectivity index (χ0n) is 42.7. The summed E-state index contributed by atoms with van der Waals surface area (Å²) in [5.74, 6) is -0.983. The molecule has 0 N–H and O–H groups in total. The van der Waals surface area contributed by atoms with Gasteiger partial charge >= 0.3 is 17.9 Å². The molecule has 0 spiro atoms. The van der Waals surface area contributed by atoms with Crippen LogP contribution in [-0.2, 0) is 28.6 Å². The van der Waals surface area contributed by atoms with E-state index < -0.39 is 6.10 Å². The molecule has 0 fully saturated rings. The Morgan fingerprint density at radius 2 is 0.591 bits per heavy atom. The SMILES string of the molecule is CC/C=C\C/C=C\C/C=C\C/C=C\C/C=C\CCCCCC(=O)OCC(COC(=O)CCCCCCCCCCCCCCCC)OC(=O)CCCC/C=C\C/C=C\C/C=C\C/C=C\CC. The molecule has 374 valence electrons. The van der Waals surface area contributed by atoms with Crippen molar-refractivity contribution < 1.29 is 28.6 Å². The Morgan fingerprint density at radius 3 is 0.955 bits per heavy atom. The van der Waals surface area contributed by atoms with E-state index in [1.807, 2.05) is 0 Å². The number of hydrogen-bond donors (Lipinski definition) is 0. The molecule has 0 radical (unpaired) electrons. The van der Waals surface area contributed by atoms with Crippen LogP contribution < -0.4 is 0 Å². The van der Waals surface area contributed by atoms with Gasteiger partial charge < -0.3 is 14.2 Å². The molecule has 0 amide bonds. The lowest BCUT2D eigenvalue weighted by molar-refractivity contribution is -0.167.